The fourth-order valence-electron chi connectivity index (χ4n) is 2.01. The van der Waals surface area contributed by atoms with Gasteiger partial charge in [-0.05, 0) is 39.7 Å². The van der Waals surface area contributed by atoms with E-state index in [1.54, 1.807) is 12.1 Å². The Balaban J connectivity index is 0.00000676. The van der Waals surface area contributed by atoms with E-state index in [0.29, 0.717) is 12.5 Å². The Morgan fingerprint density at radius 3 is 2.33 bits per heavy atom. The van der Waals surface area contributed by atoms with E-state index in [1.165, 1.54) is 12.1 Å². The molecular formula is C18H30IN5O3. The third-order valence-corrected chi connectivity index (χ3v) is 3.49. The molecule has 3 N–H and O–H groups in total. The maximum absolute atomic E-state index is 12.0. The molecule has 1 aromatic rings. The Morgan fingerprint density at radius 1 is 1.26 bits per heavy atom. The number of halogens is 1. The molecule has 8 nitrogen and oxygen atoms in total. The van der Waals surface area contributed by atoms with Gasteiger partial charge in [0, 0.05) is 23.7 Å². The average molecular weight is 491 g/mol. The van der Waals surface area contributed by atoms with Crippen LogP contribution in [-0.4, -0.2) is 34.9 Å². The summed E-state index contributed by atoms with van der Waals surface area (Å²) < 4.78 is 0. The van der Waals surface area contributed by atoms with Gasteiger partial charge in [0.05, 0.1) is 18.0 Å². The topological polar surface area (TPSA) is 109 Å². The van der Waals surface area contributed by atoms with Crippen LogP contribution in [0.3, 0.4) is 0 Å². The van der Waals surface area contributed by atoms with Gasteiger partial charge in [0.25, 0.3) is 5.69 Å². The molecule has 0 aliphatic heterocycles. The van der Waals surface area contributed by atoms with Gasteiger partial charge in [-0.15, -0.1) is 24.0 Å². The zero-order valence-electron chi connectivity index (χ0n) is 16.5. The second kappa shape index (κ2) is 11.7. The first-order chi connectivity index (χ1) is 12.1. The molecule has 0 heterocycles. The highest BCUT2D eigenvalue weighted by Gasteiger charge is 2.14. The lowest BCUT2D eigenvalue weighted by molar-refractivity contribution is -0.384. The average Bonchev–Trinajstić information content (AvgIpc) is 2.55. The summed E-state index contributed by atoms with van der Waals surface area (Å²) in [5.41, 5.74) is 0.603. The lowest BCUT2D eigenvalue weighted by Gasteiger charge is -2.22. The molecule has 1 atom stereocenters. The van der Waals surface area contributed by atoms with Crippen molar-refractivity contribution in [2.75, 3.05) is 6.54 Å². The minimum Gasteiger partial charge on any atom is -0.354 e. The number of aliphatic imine (C=N–C) groups is 1. The summed E-state index contributed by atoms with van der Waals surface area (Å²) in [5, 5.41) is 19.8. The van der Waals surface area contributed by atoms with E-state index in [2.05, 4.69) is 27.9 Å². The first-order valence-corrected chi connectivity index (χ1v) is 8.70. The highest BCUT2D eigenvalue weighted by atomic mass is 127. The maximum Gasteiger partial charge on any atom is 0.269 e. The van der Waals surface area contributed by atoms with E-state index in [-0.39, 0.29) is 53.7 Å². The molecule has 1 aromatic carbocycles. The molecule has 1 amide bonds. The Hall–Kier alpha value is -1.91. The van der Waals surface area contributed by atoms with Crippen LogP contribution in [0, 0.1) is 10.1 Å². The molecular weight excluding hydrogens is 461 g/mol. The van der Waals surface area contributed by atoms with Crippen molar-refractivity contribution in [3.63, 3.8) is 0 Å². The van der Waals surface area contributed by atoms with Crippen LogP contribution in [0.1, 0.15) is 46.6 Å². The largest absolute Gasteiger partial charge is 0.354 e. The number of carbonyl (C=O) groups is 1. The van der Waals surface area contributed by atoms with Crippen LogP contribution in [0.4, 0.5) is 5.69 Å². The number of nitrogens with one attached hydrogen (secondary N) is 3. The number of hydrogen-bond donors (Lipinski definition) is 3. The van der Waals surface area contributed by atoms with Gasteiger partial charge in [-0.3, -0.25) is 14.9 Å². The van der Waals surface area contributed by atoms with Crippen LogP contribution in [0.5, 0.6) is 0 Å². The molecule has 0 radical (unpaired) electrons. The number of hydrogen-bond acceptors (Lipinski definition) is 4. The van der Waals surface area contributed by atoms with E-state index in [4.69, 9.17) is 0 Å². The van der Waals surface area contributed by atoms with Crippen LogP contribution in [-0.2, 0) is 11.3 Å². The molecule has 0 aliphatic carbocycles. The molecule has 1 rings (SSSR count). The summed E-state index contributed by atoms with van der Waals surface area (Å²) in [6, 6.07) is 6.46. The van der Waals surface area contributed by atoms with Crippen molar-refractivity contribution in [1.82, 2.24) is 16.0 Å². The first kappa shape index (κ1) is 25.1. The summed E-state index contributed by atoms with van der Waals surface area (Å²) in [5.74, 6) is 0.410. The molecule has 0 spiro atoms. The lowest BCUT2D eigenvalue weighted by atomic mass is 10.1. The van der Waals surface area contributed by atoms with Crippen LogP contribution in [0.25, 0.3) is 0 Å². The predicted octanol–water partition coefficient (Wildman–Crippen LogP) is 2.96. The van der Waals surface area contributed by atoms with Gasteiger partial charge in [-0.2, -0.15) is 0 Å². The van der Waals surface area contributed by atoms with E-state index in [1.807, 2.05) is 27.7 Å². The number of benzene rings is 1. The standard InChI is InChI=1S/C18H29N5O3.HI/c1-6-13(2)21-17(20-12-16(24)22-18(3,4)5)19-11-14-7-9-15(10-8-14)23(25)26;/h7-10,13H,6,11-12H2,1-5H3,(H,22,24)(H2,19,20,21);1H. The minimum absolute atomic E-state index is 0. The second-order valence-electron chi connectivity index (χ2n) is 7.19. The molecule has 0 aromatic heterocycles. The summed E-state index contributed by atoms with van der Waals surface area (Å²) >= 11 is 0. The van der Waals surface area contributed by atoms with Crippen molar-refractivity contribution >= 4 is 41.5 Å². The Morgan fingerprint density at radius 2 is 1.85 bits per heavy atom. The fourth-order valence-corrected chi connectivity index (χ4v) is 2.01. The third-order valence-electron chi connectivity index (χ3n) is 3.49. The van der Waals surface area contributed by atoms with Crippen LogP contribution >= 0.6 is 24.0 Å². The number of nitrogens with zero attached hydrogens (tertiary/aromatic N) is 2. The van der Waals surface area contributed by atoms with E-state index in [9.17, 15) is 14.9 Å². The van der Waals surface area contributed by atoms with Crippen molar-refractivity contribution in [1.29, 1.82) is 0 Å². The Kier molecular flexibility index (Phi) is 10.9. The molecule has 152 valence electrons. The van der Waals surface area contributed by atoms with Crippen LogP contribution in [0.15, 0.2) is 29.3 Å². The molecule has 0 saturated carbocycles. The molecule has 0 fully saturated rings. The SMILES string of the molecule is CCC(C)NC(=NCc1ccc([N+](=O)[O-])cc1)NCC(=O)NC(C)(C)C.I. The third kappa shape index (κ3) is 10.7. The van der Waals surface area contributed by atoms with E-state index >= 15 is 0 Å². The highest BCUT2D eigenvalue weighted by Crippen LogP contribution is 2.12. The number of guanidine groups is 1. The normalized spacial score (nSPS) is 12.6. The van der Waals surface area contributed by atoms with Crippen molar-refractivity contribution in [2.45, 2.75) is 59.2 Å². The summed E-state index contributed by atoms with van der Waals surface area (Å²) in [6.07, 6.45) is 0.909. The molecule has 27 heavy (non-hydrogen) atoms. The van der Waals surface area contributed by atoms with Crippen molar-refractivity contribution < 1.29 is 9.72 Å². The van der Waals surface area contributed by atoms with Gasteiger partial charge >= 0.3 is 0 Å². The maximum atomic E-state index is 12.0. The molecule has 9 heteroatoms. The van der Waals surface area contributed by atoms with Gasteiger partial charge < -0.3 is 16.0 Å². The van der Waals surface area contributed by atoms with E-state index in [0.717, 1.165) is 12.0 Å². The van der Waals surface area contributed by atoms with Gasteiger partial charge in [0.2, 0.25) is 5.91 Å². The van der Waals surface area contributed by atoms with Gasteiger partial charge in [0.1, 0.15) is 0 Å². The molecule has 0 saturated heterocycles. The van der Waals surface area contributed by atoms with Gasteiger partial charge in [-0.25, -0.2) is 4.99 Å². The number of amides is 1. The minimum atomic E-state index is -0.432. The Labute approximate surface area is 177 Å². The highest BCUT2D eigenvalue weighted by molar-refractivity contribution is 14.0. The predicted molar refractivity (Wildman–Crippen MR) is 118 cm³/mol. The quantitative estimate of drug-likeness (QED) is 0.179. The number of nitro groups is 1. The lowest BCUT2D eigenvalue weighted by Crippen LogP contribution is -2.49. The number of nitro benzene ring substituents is 1. The summed E-state index contributed by atoms with van der Waals surface area (Å²) in [6.45, 7) is 10.3. The monoisotopic (exact) mass is 491 g/mol. The second-order valence-corrected chi connectivity index (χ2v) is 7.19. The number of non-ortho nitro benzene ring substituents is 1. The van der Waals surface area contributed by atoms with Crippen molar-refractivity contribution in [3.8, 4) is 0 Å². The Bertz CT molecular complexity index is 641. The smallest absolute Gasteiger partial charge is 0.269 e. The van der Waals surface area contributed by atoms with Gasteiger partial charge in [-0.1, -0.05) is 19.1 Å². The van der Waals surface area contributed by atoms with Gasteiger partial charge in [0.15, 0.2) is 5.96 Å². The van der Waals surface area contributed by atoms with E-state index < -0.39 is 4.92 Å². The zero-order chi connectivity index (χ0) is 19.7. The van der Waals surface area contributed by atoms with Crippen molar-refractivity contribution in [2.24, 2.45) is 4.99 Å². The number of carbonyl (C=O) groups excluding carboxylic acids is 1. The zero-order valence-corrected chi connectivity index (χ0v) is 18.9. The summed E-state index contributed by atoms with van der Waals surface area (Å²) in [4.78, 5) is 26.7. The van der Waals surface area contributed by atoms with Crippen LogP contribution in [0.2, 0.25) is 0 Å². The molecule has 0 aliphatic rings. The molecule has 0 bridgehead atoms. The number of rotatable bonds is 7. The fraction of sp³-hybridized carbons (Fsp3) is 0.556. The van der Waals surface area contributed by atoms with Crippen molar-refractivity contribution in [3.05, 3.63) is 39.9 Å². The summed E-state index contributed by atoms with van der Waals surface area (Å²) in [7, 11) is 0. The van der Waals surface area contributed by atoms with Crippen LogP contribution < -0.4 is 16.0 Å². The first-order valence-electron chi connectivity index (χ1n) is 8.70. The molecule has 1 unspecified atom stereocenters.